The Morgan fingerprint density at radius 1 is 1.46 bits per heavy atom. The molecule has 0 radical (unpaired) electrons. The van der Waals surface area contributed by atoms with Gasteiger partial charge in [0.1, 0.15) is 5.75 Å². The number of aromatic amines is 1. The van der Waals surface area contributed by atoms with E-state index in [-0.39, 0.29) is 23.3 Å². The summed E-state index contributed by atoms with van der Waals surface area (Å²) in [7, 11) is 0. The zero-order chi connectivity index (χ0) is 17.1. The van der Waals surface area contributed by atoms with Crippen LogP contribution in [0.3, 0.4) is 0 Å². The Morgan fingerprint density at radius 3 is 3.00 bits per heavy atom. The topological polar surface area (TPSA) is 124 Å². The first-order chi connectivity index (χ1) is 11.6. The first-order valence-electron chi connectivity index (χ1n) is 7.41. The third kappa shape index (κ3) is 2.96. The Kier molecular flexibility index (Phi) is 4.23. The molecular weight excluding hydrogens is 312 g/mol. The molecule has 0 spiro atoms. The largest absolute Gasteiger partial charge is 0.507 e. The lowest BCUT2D eigenvalue weighted by Gasteiger charge is -2.23. The number of phenols is 1. The summed E-state index contributed by atoms with van der Waals surface area (Å²) in [6.07, 6.45) is 2.65. The van der Waals surface area contributed by atoms with Gasteiger partial charge in [0.2, 0.25) is 5.91 Å². The van der Waals surface area contributed by atoms with Crippen LogP contribution in [0.5, 0.6) is 5.75 Å². The van der Waals surface area contributed by atoms with Crippen LogP contribution in [0.4, 0.5) is 5.69 Å². The van der Waals surface area contributed by atoms with E-state index in [0.29, 0.717) is 18.1 Å². The number of rotatable bonds is 4. The van der Waals surface area contributed by atoms with E-state index in [1.54, 1.807) is 4.90 Å². The van der Waals surface area contributed by atoms with Crippen LogP contribution in [0.25, 0.3) is 0 Å². The van der Waals surface area contributed by atoms with Crippen LogP contribution >= 0.6 is 0 Å². The summed E-state index contributed by atoms with van der Waals surface area (Å²) in [5, 5.41) is 26.4. The highest BCUT2D eigenvalue weighted by Gasteiger charge is 2.34. The number of H-pyrrole nitrogens is 1. The zero-order valence-corrected chi connectivity index (χ0v) is 12.8. The summed E-state index contributed by atoms with van der Waals surface area (Å²) >= 11 is 0. The normalized spacial score (nSPS) is 16.8. The van der Waals surface area contributed by atoms with E-state index in [1.165, 1.54) is 18.2 Å². The predicted molar refractivity (Wildman–Crippen MR) is 84.1 cm³/mol. The van der Waals surface area contributed by atoms with Crippen molar-refractivity contribution in [3.05, 3.63) is 42.2 Å². The molecule has 1 atom stereocenters. The lowest BCUT2D eigenvalue weighted by atomic mass is 10.1. The predicted octanol–water partition coefficient (Wildman–Crippen LogP) is 1.01. The van der Waals surface area contributed by atoms with Crippen molar-refractivity contribution >= 4 is 17.5 Å². The molecule has 0 aliphatic carbocycles. The third-order valence-corrected chi connectivity index (χ3v) is 3.85. The number of likely N-dealkylation sites (tertiary alicyclic amines) is 1. The summed E-state index contributed by atoms with van der Waals surface area (Å²) < 4.78 is 0. The van der Waals surface area contributed by atoms with Gasteiger partial charge in [-0.25, -0.2) is 0 Å². The molecule has 3 rings (SSSR count). The second-order valence-electron chi connectivity index (χ2n) is 5.35. The zero-order valence-electron chi connectivity index (χ0n) is 12.8. The number of nitrogens with one attached hydrogen (secondary N) is 2. The maximum atomic E-state index is 12.8. The van der Waals surface area contributed by atoms with E-state index >= 15 is 0 Å². The van der Waals surface area contributed by atoms with Crippen molar-refractivity contribution in [2.45, 2.75) is 18.9 Å². The van der Waals surface area contributed by atoms with Gasteiger partial charge in [-0.05, 0) is 37.1 Å². The second-order valence-corrected chi connectivity index (χ2v) is 5.35. The van der Waals surface area contributed by atoms with Crippen molar-refractivity contribution in [2.24, 2.45) is 0 Å². The van der Waals surface area contributed by atoms with E-state index in [9.17, 15) is 14.7 Å². The summed E-state index contributed by atoms with van der Waals surface area (Å²) in [5.41, 5.74) is 0.503. The van der Waals surface area contributed by atoms with Crippen LogP contribution in [0.15, 0.2) is 30.9 Å². The average Bonchev–Trinajstić information content (AvgIpc) is 3.26. The van der Waals surface area contributed by atoms with Gasteiger partial charge in [0.05, 0.1) is 11.6 Å². The second kappa shape index (κ2) is 6.49. The van der Waals surface area contributed by atoms with Gasteiger partial charge in [0, 0.05) is 12.2 Å². The molecule has 2 aromatic rings. The van der Waals surface area contributed by atoms with Crippen LogP contribution in [-0.2, 0) is 4.79 Å². The fourth-order valence-electron chi connectivity index (χ4n) is 2.72. The molecule has 0 bridgehead atoms. The maximum Gasteiger partial charge on any atom is 0.258 e. The monoisotopic (exact) mass is 328 g/mol. The number of aromatic hydroxyl groups is 1. The summed E-state index contributed by atoms with van der Waals surface area (Å²) in [4.78, 5) is 25.8. The van der Waals surface area contributed by atoms with Crippen molar-refractivity contribution in [1.29, 1.82) is 0 Å². The van der Waals surface area contributed by atoms with Gasteiger partial charge < -0.3 is 15.3 Å². The van der Waals surface area contributed by atoms with Crippen molar-refractivity contribution in [3.63, 3.8) is 0 Å². The van der Waals surface area contributed by atoms with Gasteiger partial charge in [-0.3, -0.25) is 9.59 Å². The van der Waals surface area contributed by atoms with E-state index in [4.69, 9.17) is 0 Å². The fraction of sp³-hybridized carbons (Fsp3) is 0.267. The SMILES string of the molecule is C=CC(=O)Nc1ccc(O)c(C(=O)N2CCC[C@H]2c2nn[nH]n2)c1. The Morgan fingerprint density at radius 2 is 2.29 bits per heavy atom. The van der Waals surface area contributed by atoms with Gasteiger partial charge in [-0.2, -0.15) is 5.21 Å². The van der Waals surface area contributed by atoms with Crippen LogP contribution in [0.1, 0.15) is 35.1 Å². The van der Waals surface area contributed by atoms with Crippen molar-refractivity contribution in [3.8, 4) is 5.75 Å². The highest BCUT2D eigenvalue weighted by Crippen LogP contribution is 2.33. The van der Waals surface area contributed by atoms with Crippen molar-refractivity contribution in [1.82, 2.24) is 25.5 Å². The quantitative estimate of drug-likeness (QED) is 0.568. The number of amides is 2. The molecule has 9 nitrogen and oxygen atoms in total. The number of hydrogen-bond acceptors (Lipinski definition) is 6. The summed E-state index contributed by atoms with van der Waals surface area (Å²) in [6, 6.07) is 4.02. The first-order valence-corrected chi connectivity index (χ1v) is 7.41. The summed E-state index contributed by atoms with van der Waals surface area (Å²) in [5.74, 6) is -0.466. The fourth-order valence-corrected chi connectivity index (χ4v) is 2.72. The molecule has 1 fully saturated rings. The van der Waals surface area contributed by atoms with Crippen LogP contribution in [0, 0.1) is 0 Å². The number of anilines is 1. The summed E-state index contributed by atoms with van der Waals surface area (Å²) in [6.45, 7) is 3.90. The third-order valence-electron chi connectivity index (χ3n) is 3.85. The standard InChI is InChI=1S/C15H16N6O3/c1-2-13(23)16-9-5-6-12(22)10(8-9)15(24)21-7-3-4-11(21)14-17-19-20-18-14/h2,5-6,8,11,22H,1,3-4,7H2,(H,16,23)(H,17,18,19,20)/t11-/m0/s1. The lowest BCUT2D eigenvalue weighted by molar-refractivity contribution is -0.111. The smallest absolute Gasteiger partial charge is 0.258 e. The molecule has 2 heterocycles. The molecule has 1 aliphatic heterocycles. The minimum absolute atomic E-state index is 0.104. The van der Waals surface area contributed by atoms with Crippen LogP contribution < -0.4 is 5.32 Å². The Balaban J connectivity index is 1.87. The van der Waals surface area contributed by atoms with Crippen molar-refractivity contribution < 1.29 is 14.7 Å². The maximum absolute atomic E-state index is 12.8. The molecule has 9 heteroatoms. The average molecular weight is 328 g/mol. The molecule has 24 heavy (non-hydrogen) atoms. The van der Waals surface area contributed by atoms with Gasteiger partial charge in [0.25, 0.3) is 5.91 Å². The van der Waals surface area contributed by atoms with Crippen LogP contribution in [-0.4, -0.2) is 49.0 Å². The minimum atomic E-state index is -0.398. The van der Waals surface area contributed by atoms with Gasteiger partial charge in [0.15, 0.2) is 5.82 Å². The number of hydrogen-bond donors (Lipinski definition) is 3. The van der Waals surface area contributed by atoms with E-state index < -0.39 is 5.91 Å². The van der Waals surface area contributed by atoms with Gasteiger partial charge in [-0.1, -0.05) is 11.8 Å². The molecule has 0 saturated carbocycles. The Bertz CT molecular complexity index is 774. The van der Waals surface area contributed by atoms with E-state index in [1.807, 2.05) is 0 Å². The van der Waals surface area contributed by atoms with Gasteiger partial charge in [-0.15, -0.1) is 10.2 Å². The molecule has 1 saturated heterocycles. The molecule has 2 amide bonds. The minimum Gasteiger partial charge on any atom is -0.507 e. The van der Waals surface area contributed by atoms with E-state index in [0.717, 1.165) is 18.9 Å². The highest BCUT2D eigenvalue weighted by molar-refractivity contribution is 6.02. The molecular formula is C15H16N6O3. The molecule has 0 unspecified atom stereocenters. The number of aromatic nitrogens is 4. The number of tetrazole rings is 1. The lowest BCUT2D eigenvalue weighted by Crippen LogP contribution is -2.31. The number of phenolic OH excluding ortho intramolecular Hbond substituents is 1. The van der Waals surface area contributed by atoms with Gasteiger partial charge >= 0.3 is 0 Å². The highest BCUT2D eigenvalue weighted by atomic mass is 16.3. The molecule has 1 aromatic carbocycles. The number of carbonyl (C=O) groups excluding carboxylic acids is 2. The molecule has 3 N–H and O–H groups in total. The molecule has 1 aromatic heterocycles. The molecule has 1 aliphatic rings. The van der Waals surface area contributed by atoms with Crippen LogP contribution in [0.2, 0.25) is 0 Å². The van der Waals surface area contributed by atoms with Crippen molar-refractivity contribution in [2.75, 3.05) is 11.9 Å². The van der Waals surface area contributed by atoms with E-state index in [2.05, 4.69) is 32.5 Å². The molecule has 124 valence electrons. The Labute approximate surface area is 137 Å². The Hall–Kier alpha value is -3.23. The number of benzene rings is 1. The first kappa shape index (κ1) is 15.7. The number of carbonyl (C=O) groups is 2. The number of nitrogens with zero attached hydrogens (tertiary/aromatic N) is 4.